The summed E-state index contributed by atoms with van der Waals surface area (Å²) in [6.45, 7) is 0.934. The Morgan fingerprint density at radius 1 is 1.48 bits per heavy atom. The fraction of sp³-hybridized carbons (Fsp3) is 0.562. The minimum atomic E-state index is -2.66. The van der Waals surface area contributed by atoms with Gasteiger partial charge in [0.1, 0.15) is 11.8 Å². The lowest BCUT2D eigenvalue weighted by atomic mass is 10.1. The zero-order chi connectivity index (χ0) is 16.4. The van der Waals surface area contributed by atoms with E-state index < -0.39 is 24.6 Å². The standard InChI is InChI=1S/C16H20F2N2O3/c1-22-11-5-4-10-6-7-20(12(10)9-11)16(21)19-14(15(17)18)13-3-2-8-23-13/h4-5,9,13-15H,2-3,6-8H2,1H3,(H,19,21). The fourth-order valence-electron chi connectivity index (χ4n) is 3.12. The van der Waals surface area contributed by atoms with Crippen molar-refractivity contribution in [1.82, 2.24) is 5.32 Å². The van der Waals surface area contributed by atoms with Crippen LogP contribution < -0.4 is 15.0 Å². The van der Waals surface area contributed by atoms with Gasteiger partial charge in [0.2, 0.25) is 0 Å². The highest BCUT2D eigenvalue weighted by Crippen LogP contribution is 2.32. The molecule has 0 radical (unpaired) electrons. The van der Waals surface area contributed by atoms with Crippen LogP contribution in [0.3, 0.4) is 0 Å². The first-order chi connectivity index (χ1) is 11.1. The molecule has 3 rings (SSSR count). The largest absolute Gasteiger partial charge is 0.497 e. The maximum Gasteiger partial charge on any atom is 0.322 e. The minimum Gasteiger partial charge on any atom is -0.497 e. The van der Waals surface area contributed by atoms with E-state index in [1.165, 1.54) is 4.90 Å². The van der Waals surface area contributed by atoms with Crippen LogP contribution in [0.15, 0.2) is 18.2 Å². The molecular weight excluding hydrogens is 306 g/mol. The van der Waals surface area contributed by atoms with Crippen molar-refractivity contribution in [1.29, 1.82) is 0 Å². The Morgan fingerprint density at radius 2 is 2.30 bits per heavy atom. The Morgan fingerprint density at radius 3 is 2.96 bits per heavy atom. The van der Waals surface area contributed by atoms with E-state index in [-0.39, 0.29) is 0 Å². The van der Waals surface area contributed by atoms with Crippen molar-refractivity contribution >= 4 is 11.7 Å². The highest BCUT2D eigenvalue weighted by Gasteiger charge is 2.36. The molecule has 23 heavy (non-hydrogen) atoms. The molecule has 2 unspecified atom stereocenters. The van der Waals surface area contributed by atoms with Crippen LogP contribution in [0, 0.1) is 0 Å². The van der Waals surface area contributed by atoms with Crippen molar-refractivity contribution in [3.05, 3.63) is 23.8 Å². The number of carbonyl (C=O) groups excluding carboxylic acids is 1. The second-order valence-corrected chi connectivity index (χ2v) is 5.76. The third-order valence-corrected chi connectivity index (χ3v) is 4.36. The van der Waals surface area contributed by atoms with Crippen molar-refractivity contribution < 1.29 is 23.0 Å². The molecule has 0 bridgehead atoms. The monoisotopic (exact) mass is 326 g/mol. The number of halogens is 2. The molecule has 0 spiro atoms. The first kappa shape index (κ1) is 16.0. The maximum absolute atomic E-state index is 13.3. The van der Waals surface area contributed by atoms with E-state index in [1.54, 1.807) is 13.2 Å². The Hall–Kier alpha value is -1.89. The molecule has 0 aromatic heterocycles. The zero-order valence-electron chi connectivity index (χ0n) is 12.9. The van der Waals surface area contributed by atoms with Gasteiger partial charge in [-0.25, -0.2) is 13.6 Å². The molecule has 1 fully saturated rings. The van der Waals surface area contributed by atoms with Gasteiger partial charge in [0.25, 0.3) is 6.43 Å². The van der Waals surface area contributed by atoms with Crippen LogP contribution in [-0.4, -0.2) is 44.9 Å². The summed E-state index contributed by atoms with van der Waals surface area (Å²) in [5.74, 6) is 0.632. The maximum atomic E-state index is 13.3. The minimum absolute atomic E-state index is 0.466. The number of anilines is 1. The molecule has 126 valence electrons. The molecule has 5 nitrogen and oxygen atoms in total. The summed E-state index contributed by atoms with van der Waals surface area (Å²) in [5.41, 5.74) is 1.72. The lowest BCUT2D eigenvalue weighted by molar-refractivity contribution is 0.00697. The molecule has 2 atom stereocenters. The fourth-order valence-corrected chi connectivity index (χ4v) is 3.12. The van der Waals surface area contributed by atoms with Gasteiger partial charge in [-0.1, -0.05) is 6.07 Å². The van der Waals surface area contributed by atoms with Crippen molar-refractivity contribution in [2.45, 2.75) is 37.8 Å². The molecule has 2 aliphatic heterocycles. The quantitative estimate of drug-likeness (QED) is 0.925. The van der Waals surface area contributed by atoms with Crippen LogP contribution in [0.2, 0.25) is 0 Å². The number of ether oxygens (including phenoxy) is 2. The van der Waals surface area contributed by atoms with Gasteiger partial charge in [-0.2, -0.15) is 0 Å². The Bertz CT molecular complexity index is 576. The molecule has 2 aliphatic rings. The van der Waals surface area contributed by atoms with Gasteiger partial charge in [0.05, 0.1) is 18.9 Å². The van der Waals surface area contributed by atoms with E-state index in [0.717, 1.165) is 12.0 Å². The van der Waals surface area contributed by atoms with Crippen molar-refractivity contribution in [3.63, 3.8) is 0 Å². The van der Waals surface area contributed by atoms with Crippen molar-refractivity contribution in [2.75, 3.05) is 25.2 Å². The first-order valence-corrected chi connectivity index (χ1v) is 7.75. The predicted octanol–water partition coefficient (Wildman–Crippen LogP) is 2.58. The molecule has 1 aromatic carbocycles. The highest BCUT2D eigenvalue weighted by atomic mass is 19.3. The second-order valence-electron chi connectivity index (χ2n) is 5.76. The van der Waals surface area contributed by atoms with Crippen LogP contribution in [-0.2, 0) is 11.2 Å². The van der Waals surface area contributed by atoms with Crippen LogP contribution in [0.1, 0.15) is 18.4 Å². The van der Waals surface area contributed by atoms with E-state index in [1.807, 2.05) is 12.1 Å². The average Bonchev–Trinajstić information content (AvgIpc) is 3.20. The van der Waals surface area contributed by atoms with E-state index in [0.29, 0.717) is 37.4 Å². The number of methoxy groups -OCH3 is 1. The van der Waals surface area contributed by atoms with Gasteiger partial charge in [0.15, 0.2) is 0 Å². The summed E-state index contributed by atoms with van der Waals surface area (Å²) >= 11 is 0. The molecule has 0 aliphatic carbocycles. The smallest absolute Gasteiger partial charge is 0.322 e. The molecule has 0 saturated carbocycles. The first-order valence-electron chi connectivity index (χ1n) is 7.75. The number of hydrogen-bond acceptors (Lipinski definition) is 3. The summed E-state index contributed by atoms with van der Waals surface area (Å²) in [6.07, 6.45) is -1.29. The van der Waals surface area contributed by atoms with Crippen LogP contribution in [0.25, 0.3) is 0 Å². The Kier molecular flexibility index (Phi) is 4.66. The molecule has 2 heterocycles. The molecule has 1 N–H and O–H groups in total. The van der Waals surface area contributed by atoms with Crippen LogP contribution in [0.4, 0.5) is 19.3 Å². The number of carbonyl (C=O) groups is 1. The lowest BCUT2D eigenvalue weighted by Crippen LogP contribution is -2.52. The number of nitrogens with one attached hydrogen (secondary N) is 1. The third kappa shape index (κ3) is 3.24. The number of amides is 2. The molecule has 1 aromatic rings. The molecule has 2 amide bonds. The second kappa shape index (κ2) is 6.70. The number of rotatable bonds is 4. The van der Waals surface area contributed by atoms with Crippen LogP contribution in [0.5, 0.6) is 5.75 Å². The highest BCUT2D eigenvalue weighted by molar-refractivity contribution is 5.94. The van der Waals surface area contributed by atoms with Gasteiger partial charge in [-0.15, -0.1) is 0 Å². The summed E-state index contributed by atoms with van der Waals surface area (Å²) in [7, 11) is 1.55. The van der Waals surface area contributed by atoms with E-state index in [4.69, 9.17) is 9.47 Å². The number of nitrogens with zero attached hydrogens (tertiary/aromatic N) is 1. The van der Waals surface area contributed by atoms with Gasteiger partial charge >= 0.3 is 6.03 Å². The Labute approximate surface area is 133 Å². The number of alkyl halides is 2. The predicted molar refractivity (Wildman–Crippen MR) is 81.3 cm³/mol. The molecule has 7 heteroatoms. The number of urea groups is 1. The van der Waals surface area contributed by atoms with Crippen molar-refractivity contribution in [2.24, 2.45) is 0 Å². The van der Waals surface area contributed by atoms with Gasteiger partial charge < -0.3 is 14.8 Å². The van der Waals surface area contributed by atoms with E-state index in [2.05, 4.69) is 5.32 Å². The number of hydrogen-bond donors (Lipinski definition) is 1. The van der Waals surface area contributed by atoms with E-state index >= 15 is 0 Å². The number of fused-ring (bicyclic) bond motifs is 1. The lowest BCUT2D eigenvalue weighted by Gasteiger charge is -2.26. The average molecular weight is 326 g/mol. The van der Waals surface area contributed by atoms with Gasteiger partial charge in [-0.05, 0) is 30.9 Å². The van der Waals surface area contributed by atoms with Crippen LogP contribution >= 0.6 is 0 Å². The van der Waals surface area contributed by atoms with Gasteiger partial charge in [-0.3, -0.25) is 4.90 Å². The van der Waals surface area contributed by atoms with Gasteiger partial charge in [0, 0.05) is 19.2 Å². The zero-order valence-corrected chi connectivity index (χ0v) is 12.9. The summed E-state index contributed by atoms with van der Waals surface area (Å²) in [4.78, 5) is 14.0. The van der Waals surface area contributed by atoms with Crippen molar-refractivity contribution in [3.8, 4) is 5.75 Å². The summed E-state index contributed by atoms with van der Waals surface area (Å²) in [6, 6.07) is 3.68. The number of benzene rings is 1. The van der Waals surface area contributed by atoms with E-state index in [9.17, 15) is 13.6 Å². The third-order valence-electron chi connectivity index (χ3n) is 4.36. The Balaban J connectivity index is 1.74. The normalized spacial score (nSPS) is 21.4. The molecular formula is C16H20F2N2O3. The SMILES string of the molecule is COc1ccc2c(c1)N(C(=O)NC(C(F)F)C1CCCO1)CC2. The summed E-state index contributed by atoms with van der Waals surface area (Å²) in [5, 5.41) is 2.45. The topological polar surface area (TPSA) is 50.8 Å². The molecule has 1 saturated heterocycles. The summed E-state index contributed by atoms with van der Waals surface area (Å²) < 4.78 is 37.0.